The van der Waals surface area contributed by atoms with E-state index in [0.29, 0.717) is 43.4 Å². The van der Waals surface area contributed by atoms with Gasteiger partial charge in [-0.05, 0) is 66.3 Å². The molecule has 1 atom stereocenters. The van der Waals surface area contributed by atoms with Crippen LogP contribution in [0.3, 0.4) is 0 Å². The number of fused-ring (bicyclic) bond motifs is 1. The molecule has 2 aromatic heterocycles. The molecule has 4 rings (SSSR count). The van der Waals surface area contributed by atoms with E-state index in [-0.39, 0.29) is 12.2 Å². The summed E-state index contributed by atoms with van der Waals surface area (Å²) in [6.45, 7) is 3.68. The molecule has 0 spiro atoms. The van der Waals surface area contributed by atoms with Crippen LogP contribution in [0.4, 0.5) is 0 Å². The highest BCUT2D eigenvalue weighted by Crippen LogP contribution is 2.36. The van der Waals surface area contributed by atoms with Gasteiger partial charge >= 0.3 is 5.97 Å². The highest BCUT2D eigenvalue weighted by atomic mass is 127. The highest BCUT2D eigenvalue weighted by molar-refractivity contribution is 14.1. The average Bonchev–Trinajstić information content (AvgIpc) is 3.34. The van der Waals surface area contributed by atoms with E-state index in [1.807, 2.05) is 6.07 Å². The number of nitrogens with zero attached hydrogens (tertiary/aromatic N) is 2. The maximum atomic E-state index is 13.5. The van der Waals surface area contributed by atoms with Crippen LogP contribution in [-0.2, 0) is 9.53 Å². The van der Waals surface area contributed by atoms with Crippen molar-refractivity contribution in [3.05, 3.63) is 76.4 Å². The smallest absolute Gasteiger partial charge is 0.338 e. The zero-order valence-corrected chi connectivity index (χ0v) is 21.4. The summed E-state index contributed by atoms with van der Waals surface area (Å²) in [6, 6.07) is 8.18. The van der Waals surface area contributed by atoms with E-state index >= 15 is 0 Å². The summed E-state index contributed by atoms with van der Waals surface area (Å²) in [7, 11) is 3.08. The van der Waals surface area contributed by atoms with Gasteiger partial charge in [0, 0.05) is 6.08 Å². The number of benzene rings is 1. The first kappa shape index (κ1) is 23.3. The van der Waals surface area contributed by atoms with Gasteiger partial charge in [0.25, 0.3) is 5.56 Å². The van der Waals surface area contributed by atoms with Crippen LogP contribution >= 0.6 is 33.9 Å². The molecule has 33 heavy (non-hydrogen) atoms. The summed E-state index contributed by atoms with van der Waals surface area (Å²) in [5.74, 6) is 1.07. The molecule has 0 fully saturated rings. The fourth-order valence-electron chi connectivity index (χ4n) is 3.66. The summed E-state index contributed by atoms with van der Waals surface area (Å²) >= 11 is 3.30. The van der Waals surface area contributed by atoms with Crippen LogP contribution < -0.4 is 24.4 Å². The second kappa shape index (κ2) is 9.56. The third-order valence-electron chi connectivity index (χ3n) is 5.11. The Balaban J connectivity index is 1.97. The van der Waals surface area contributed by atoms with Crippen LogP contribution in [0.5, 0.6) is 11.5 Å². The number of allylic oxidation sites excluding steroid dienone is 1. The van der Waals surface area contributed by atoms with E-state index in [0.717, 1.165) is 3.77 Å². The number of thiazole rings is 1. The molecule has 0 radical (unpaired) electrons. The number of carbonyl (C=O) groups excluding carboxylic acids is 1. The Labute approximate surface area is 206 Å². The van der Waals surface area contributed by atoms with Gasteiger partial charge < -0.3 is 18.6 Å². The monoisotopic (exact) mass is 580 g/mol. The standard InChI is InChI=1S/C23H21IN2O6S/c1-5-31-22(28)19-12(2)25-23-26(20(19)13-6-8-15(29-3)16(10-13)30-4)21(27)17(33-23)11-14-7-9-18(24)32-14/h6-11,20H,5H2,1-4H3/b17-11+/t20-/m0/s1. The Kier molecular flexibility index (Phi) is 6.75. The maximum absolute atomic E-state index is 13.5. The predicted molar refractivity (Wildman–Crippen MR) is 131 cm³/mol. The molecule has 1 aliphatic rings. The van der Waals surface area contributed by atoms with E-state index in [2.05, 4.69) is 27.6 Å². The molecule has 1 aromatic carbocycles. The lowest BCUT2D eigenvalue weighted by atomic mass is 9.95. The van der Waals surface area contributed by atoms with Crippen LogP contribution in [0.1, 0.15) is 31.2 Å². The summed E-state index contributed by atoms with van der Waals surface area (Å²) < 4.78 is 24.4. The molecular formula is C23H21IN2O6S. The van der Waals surface area contributed by atoms with Gasteiger partial charge in [-0.15, -0.1) is 0 Å². The second-order valence-corrected chi connectivity index (χ2v) is 9.13. The largest absolute Gasteiger partial charge is 0.493 e. The Bertz CT molecular complexity index is 1430. The fourth-order valence-corrected chi connectivity index (χ4v) is 5.13. The van der Waals surface area contributed by atoms with Crippen molar-refractivity contribution in [2.45, 2.75) is 19.9 Å². The number of hydrogen-bond donors (Lipinski definition) is 0. The average molecular weight is 580 g/mol. The Hall–Kier alpha value is -2.86. The molecule has 10 heteroatoms. The van der Waals surface area contributed by atoms with Crippen molar-refractivity contribution < 1.29 is 23.4 Å². The van der Waals surface area contributed by atoms with Crippen LogP contribution in [-0.4, -0.2) is 31.4 Å². The lowest BCUT2D eigenvalue weighted by Gasteiger charge is -2.25. The maximum Gasteiger partial charge on any atom is 0.338 e. The minimum Gasteiger partial charge on any atom is -0.493 e. The van der Waals surface area contributed by atoms with Crippen LogP contribution in [0.2, 0.25) is 0 Å². The normalized spacial score (nSPS) is 15.8. The molecule has 1 aliphatic heterocycles. The summed E-state index contributed by atoms with van der Waals surface area (Å²) in [5, 5.41) is 0. The number of rotatable bonds is 6. The first-order chi connectivity index (χ1) is 15.9. The molecule has 0 N–H and O–H groups in total. The van der Waals surface area contributed by atoms with Crippen molar-refractivity contribution in [1.29, 1.82) is 0 Å². The number of aromatic nitrogens is 1. The molecule has 0 saturated carbocycles. The summed E-state index contributed by atoms with van der Waals surface area (Å²) in [4.78, 5) is 31.5. The molecule has 8 nitrogen and oxygen atoms in total. The summed E-state index contributed by atoms with van der Waals surface area (Å²) in [6.07, 6.45) is 1.68. The molecule has 3 heterocycles. The van der Waals surface area contributed by atoms with E-state index in [9.17, 15) is 9.59 Å². The van der Waals surface area contributed by atoms with Gasteiger partial charge in [0.05, 0.1) is 42.7 Å². The molecule has 0 amide bonds. The van der Waals surface area contributed by atoms with Gasteiger partial charge in [-0.3, -0.25) is 9.36 Å². The van der Waals surface area contributed by atoms with E-state index in [4.69, 9.17) is 18.6 Å². The molecule has 172 valence electrons. The Morgan fingerprint density at radius 2 is 2.00 bits per heavy atom. The van der Waals surface area contributed by atoms with E-state index in [1.54, 1.807) is 51.3 Å². The number of carbonyl (C=O) groups is 1. The lowest BCUT2D eigenvalue weighted by Crippen LogP contribution is -2.39. The van der Waals surface area contributed by atoms with Crippen molar-refractivity contribution >= 4 is 46.0 Å². The van der Waals surface area contributed by atoms with Crippen LogP contribution in [0, 0.1) is 3.77 Å². The van der Waals surface area contributed by atoms with Crippen molar-refractivity contribution in [2.75, 3.05) is 20.8 Å². The molecule has 0 aliphatic carbocycles. The molecule has 0 bridgehead atoms. The van der Waals surface area contributed by atoms with Crippen LogP contribution in [0.15, 0.2) is 55.8 Å². The Morgan fingerprint density at radius 3 is 2.64 bits per heavy atom. The number of halogens is 1. The van der Waals surface area contributed by atoms with Crippen molar-refractivity contribution in [3.63, 3.8) is 0 Å². The zero-order chi connectivity index (χ0) is 23.7. The summed E-state index contributed by atoms with van der Waals surface area (Å²) in [5.41, 5.74) is 1.19. The molecule has 0 unspecified atom stereocenters. The number of ether oxygens (including phenoxy) is 3. The number of furan rings is 1. The van der Waals surface area contributed by atoms with Gasteiger partial charge in [0.1, 0.15) is 5.76 Å². The number of hydrogen-bond acceptors (Lipinski definition) is 8. The molecule has 0 saturated heterocycles. The van der Waals surface area contributed by atoms with Crippen molar-refractivity contribution in [2.24, 2.45) is 4.99 Å². The Morgan fingerprint density at radius 1 is 1.24 bits per heavy atom. The topological polar surface area (TPSA) is 92.3 Å². The number of methoxy groups -OCH3 is 2. The van der Waals surface area contributed by atoms with Gasteiger partial charge in [0.15, 0.2) is 20.1 Å². The minimum atomic E-state index is -0.737. The number of esters is 1. The van der Waals surface area contributed by atoms with Crippen LogP contribution in [0.25, 0.3) is 6.08 Å². The van der Waals surface area contributed by atoms with E-state index in [1.165, 1.54) is 23.0 Å². The van der Waals surface area contributed by atoms with E-state index < -0.39 is 12.0 Å². The molecule has 3 aromatic rings. The first-order valence-electron chi connectivity index (χ1n) is 10.0. The van der Waals surface area contributed by atoms with Gasteiger partial charge in [-0.2, -0.15) is 0 Å². The molecular weight excluding hydrogens is 559 g/mol. The fraction of sp³-hybridized carbons (Fsp3) is 0.261. The second-order valence-electron chi connectivity index (χ2n) is 7.06. The quantitative estimate of drug-likeness (QED) is 0.329. The first-order valence-corrected chi connectivity index (χ1v) is 11.9. The highest BCUT2D eigenvalue weighted by Gasteiger charge is 2.33. The van der Waals surface area contributed by atoms with Crippen molar-refractivity contribution in [1.82, 2.24) is 4.57 Å². The third kappa shape index (κ3) is 4.36. The SMILES string of the molecule is CCOC(=O)C1=C(C)N=c2s/c(=C/c3ccc(I)o3)c(=O)n2[C@H]1c1ccc(OC)c(OC)c1. The van der Waals surface area contributed by atoms with Gasteiger partial charge in [-0.25, -0.2) is 9.79 Å². The lowest BCUT2D eigenvalue weighted by molar-refractivity contribution is -0.139. The van der Waals surface area contributed by atoms with Gasteiger partial charge in [0.2, 0.25) is 0 Å². The van der Waals surface area contributed by atoms with Crippen molar-refractivity contribution in [3.8, 4) is 11.5 Å². The zero-order valence-electron chi connectivity index (χ0n) is 18.4. The minimum absolute atomic E-state index is 0.204. The third-order valence-corrected chi connectivity index (χ3v) is 6.67. The van der Waals surface area contributed by atoms with Gasteiger partial charge in [-0.1, -0.05) is 17.4 Å². The predicted octanol–water partition coefficient (Wildman–Crippen LogP) is 3.01.